The van der Waals surface area contributed by atoms with Crippen molar-refractivity contribution in [3.05, 3.63) is 101 Å². The van der Waals surface area contributed by atoms with E-state index in [2.05, 4.69) is 41.4 Å². The highest BCUT2D eigenvalue weighted by molar-refractivity contribution is 5.92. The minimum atomic E-state index is -0.224. The van der Waals surface area contributed by atoms with Gasteiger partial charge in [-0.05, 0) is 54.7 Å². The molecule has 1 heterocycles. The molecule has 154 valence electrons. The molecule has 0 radical (unpaired) electrons. The Morgan fingerprint density at radius 3 is 2.57 bits per heavy atom. The number of aryl methyl sites for hydroxylation is 1. The van der Waals surface area contributed by atoms with Crippen LogP contribution < -0.4 is 5.32 Å². The van der Waals surface area contributed by atoms with Crippen molar-refractivity contribution in [2.45, 2.75) is 25.8 Å². The second-order valence-electron chi connectivity index (χ2n) is 8.22. The summed E-state index contributed by atoms with van der Waals surface area (Å²) in [7, 11) is 0. The van der Waals surface area contributed by atoms with Gasteiger partial charge in [0.25, 0.3) is 0 Å². The maximum absolute atomic E-state index is 13.7. The quantitative estimate of drug-likeness (QED) is 0.622. The molecule has 0 aromatic heterocycles. The Morgan fingerprint density at radius 2 is 1.80 bits per heavy atom. The average molecular weight is 403 g/mol. The fourth-order valence-electron chi connectivity index (χ4n) is 4.33. The van der Waals surface area contributed by atoms with Crippen molar-refractivity contribution in [3.63, 3.8) is 0 Å². The van der Waals surface area contributed by atoms with E-state index in [4.69, 9.17) is 0 Å². The van der Waals surface area contributed by atoms with Crippen LogP contribution in [0.4, 0.5) is 10.1 Å². The lowest BCUT2D eigenvalue weighted by molar-refractivity contribution is -0.121. The number of nitrogens with zero attached hydrogens (tertiary/aromatic N) is 1. The molecule has 0 spiro atoms. The van der Waals surface area contributed by atoms with Crippen LogP contribution in [0.5, 0.6) is 0 Å². The van der Waals surface area contributed by atoms with E-state index in [1.807, 2.05) is 36.4 Å². The van der Waals surface area contributed by atoms with Crippen LogP contribution in [-0.2, 0) is 11.3 Å². The zero-order valence-corrected chi connectivity index (χ0v) is 17.2. The van der Waals surface area contributed by atoms with Crippen molar-refractivity contribution in [1.82, 2.24) is 4.90 Å². The van der Waals surface area contributed by atoms with Crippen LogP contribution >= 0.6 is 0 Å². The third kappa shape index (κ3) is 5.14. The number of anilines is 1. The van der Waals surface area contributed by atoms with Crippen molar-refractivity contribution in [2.75, 3.05) is 18.4 Å². The highest BCUT2D eigenvalue weighted by Crippen LogP contribution is 2.32. The molecule has 0 saturated carbocycles. The van der Waals surface area contributed by atoms with Crippen molar-refractivity contribution >= 4 is 11.6 Å². The molecule has 30 heavy (non-hydrogen) atoms. The van der Waals surface area contributed by atoms with Crippen LogP contribution in [0.25, 0.3) is 0 Å². The van der Waals surface area contributed by atoms with Gasteiger partial charge >= 0.3 is 0 Å². The highest BCUT2D eigenvalue weighted by Gasteiger charge is 2.32. The van der Waals surface area contributed by atoms with Gasteiger partial charge in [-0.15, -0.1) is 0 Å². The van der Waals surface area contributed by atoms with E-state index in [1.165, 1.54) is 17.2 Å². The second-order valence-corrected chi connectivity index (χ2v) is 8.22. The van der Waals surface area contributed by atoms with E-state index >= 15 is 0 Å². The summed E-state index contributed by atoms with van der Waals surface area (Å²) in [6.07, 6.45) is 0.807. The van der Waals surface area contributed by atoms with Gasteiger partial charge in [-0.1, -0.05) is 60.2 Å². The van der Waals surface area contributed by atoms with E-state index in [0.29, 0.717) is 13.1 Å². The Balaban J connectivity index is 1.55. The van der Waals surface area contributed by atoms with Crippen molar-refractivity contribution in [1.29, 1.82) is 0 Å². The Kier molecular flexibility index (Phi) is 6.24. The number of carbonyl (C=O) groups is 1. The van der Waals surface area contributed by atoms with Crippen molar-refractivity contribution in [2.24, 2.45) is 5.92 Å². The largest absolute Gasteiger partial charge is 0.326 e. The molecule has 3 aromatic carbocycles. The molecule has 0 unspecified atom stereocenters. The number of carbonyl (C=O) groups excluding carboxylic acids is 1. The minimum absolute atomic E-state index is 0.0443. The maximum atomic E-state index is 13.7. The molecule has 1 fully saturated rings. The van der Waals surface area contributed by atoms with Gasteiger partial charge in [0, 0.05) is 25.3 Å². The first-order valence-electron chi connectivity index (χ1n) is 10.5. The first-order chi connectivity index (χ1) is 14.6. The molecule has 1 N–H and O–H groups in total. The normalized spacial score (nSPS) is 19.4. The zero-order chi connectivity index (χ0) is 20.9. The average Bonchev–Trinajstić information content (AvgIpc) is 2.74. The van der Waals surface area contributed by atoms with Gasteiger partial charge in [0.15, 0.2) is 0 Å². The van der Waals surface area contributed by atoms with E-state index in [0.717, 1.165) is 24.2 Å². The first-order valence-corrected chi connectivity index (χ1v) is 10.5. The third-order valence-electron chi connectivity index (χ3n) is 5.75. The number of rotatable bonds is 5. The summed E-state index contributed by atoms with van der Waals surface area (Å²) < 4.78 is 13.7. The van der Waals surface area contributed by atoms with Gasteiger partial charge in [0.05, 0.1) is 5.92 Å². The van der Waals surface area contributed by atoms with Gasteiger partial charge in [0.2, 0.25) is 5.91 Å². The van der Waals surface area contributed by atoms with Crippen LogP contribution in [0.3, 0.4) is 0 Å². The van der Waals surface area contributed by atoms with E-state index in [-0.39, 0.29) is 23.6 Å². The SMILES string of the molecule is Cc1cccc([C@H]2C[C@@H](C(=O)Nc3ccccc3)CN(Cc3cccc(F)c3)C2)c1. The summed E-state index contributed by atoms with van der Waals surface area (Å²) in [5.41, 5.74) is 4.23. The predicted octanol–water partition coefficient (Wildman–Crippen LogP) is 5.38. The van der Waals surface area contributed by atoms with E-state index in [1.54, 1.807) is 12.1 Å². The molecular weight excluding hydrogens is 375 g/mol. The van der Waals surface area contributed by atoms with Gasteiger partial charge in [-0.2, -0.15) is 0 Å². The van der Waals surface area contributed by atoms with Gasteiger partial charge in [-0.3, -0.25) is 9.69 Å². The Bertz CT molecular complexity index is 1000. The number of nitrogens with one attached hydrogen (secondary N) is 1. The molecular formula is C26H27FN2O. The number of halogens is 1. The number of para-hydroxylation sites is 1. The lowest BCUT2D eigenvalue weighted by Crippen LogP contribution is -2.43. The summed E-state index contributed by atoms with van der Waals surface area (Å²) in [5, 5.41) is 3.06. The molecule has 4 rings (SSSR count). The van der Waals surface area contributed by atoms with Crippen molar-refractivity contribution < 1.29 is 9.18 Å². The zero-order valence-electron chi connectivity index (χ0n) is 17.2. The number of likely N-dealkylation sites (tertiary alicyclic amines) is 1. The topological polar surface area (TPSA) is 32.3 Å². The molecule has 1 saturated heterocycles. The van der Waals surface area contributed by atoms with Crippen LogP contribution in [0.2, 0.25) is 0 Å². The molecule has 2 atom stereocenters. The number of piperidine rings is 1. The summed E-state index contributed by atoms with van der Waals surface area (Å²) in [4.78, 5) is 15.3. The number of hydrogen-bond acceptors (Lipinski definition) is 2. The predicted molar refractivity (Wildman–Crippen MR) is 119 cm³/mol. The monoisotopic (exact) mass is 402 g/mol. The molecule has 1 aliphatic heterocycles. The smallest absolute Gasteiger partial charge is 0.228 e. The fraction of sp³-hybridized carbons (Fsp3) is 0.269. The van der Waals surface area contributed by atoms with Gasteiger partial charge < -0.3 is 5.32 Å². The van der Waals surface area contributed by atoms with Crippen LogP contribution in [-0.4, -0.2) is 23.9 Å². The lowest BCUT2D eigenvalue weighted by atomic mass is 9.83. The van der Waals surface area contributed by atoms with Gasteiger partial charge in [0.1, 0.15) is 5.82 Å². The number of hydrogen-bond donors (Lipinski definition) is 1. The lowest BCUT2D eigenvalue weighted by Gasteiger charge is -2.37. The molecule has 1 amide bonds. The molecule has 0 bridgehead atoms. The van der Waals surface area contributed by atoms with E-state index < -0.39 is 0 Å². The second kappa shape index (κ2) is 9.23. The summed E-state index contributed by atoms with van der Waals surface area (Å²) in [5.74, 6) is -0.0438. The summed E-state index contributed by atoms with van der Waals surface area (Å²) in [6, 6.07) is 24.8. The molecule has 3 nitrogen and oxygen atoms in total. The Labute approximate surface area is 177 Å². The standard InChI is InChI=1S/C26H27FN2O/c1-19-7-5-9-21(13-19)22-15-23(26(30)28-25-11-3-2-4-12-25)18-29(17-22)16-20-8-6-10-24(27)14-20/h2-14,22-23H,15-18H2,1H3,(H,28,30)/t22-,23+/m0/s1. The third-order valence-corrected chi connectivity index (χ3v) is 5.75. The van der Waals surface area contributed by atoms with E-state index in [9.17, 15) is 9.18 Å². The first kappa shape index (κ1) is 20.3. The summed E-state index contributed by atoms with van der Waals surface area (Å²) in [6.45, 7) is 4.25. The van der Waals surface area contributed by atoms with Crippen LogP contribution in [0, 0.1) is 18.7 Å². The highest BCUT2D eigenvalue weighted by atomic mass is 19.1. The number of benzene rings is 3. The fourth-order valence-corrected chi connectivity index (χ4v) is 4.33. The van der Waals surface area contributed by atoms with Gasteiger partial charge in [-0.25, -0.2) is 4.39 Å². The van der Waals surface area contributed by atoms with Crippen molar-refractivity contribution in [3.8, 4) is 0 Å². The maximum Gasteiger partial charge on any atom is 0.228 e. The molecule has 4 heteroatoms. The Hall–Kier alpha value is -2.98. The Morgan fingerprint density at radius 1 is 1.00 bits per heavy atom. The molecule has 0 aliphatic carbocycles. The molecule has 1 aliphatic rings. The summed E-state index contributed by atoms with van der Waals surface area (Å²) >= 11 is 0. The van der Waals surface area contributed by atoms with Crippen LogP contribution in [0.15, 0.2) is 78.9 Å². The number of amides is 1. The molecule has 3 aromatic rings. The minimum Gasteiger partial charge on any atom is -0.326 e. The van der Waals surface area contributed by atoms with Crippen LogP contribution in [0.1, 0.15) is 29.0 Å².